The molecule has 0 radical (unpaired) electrons. The van der Waals surface area contributed by atoms with Gasteiger partial charge >= 0.3 is 5.82 Å². The predicted molar refractivity (Wildman–Crippen MR) is 73.9 cm³/mol. The molecule has 1 aromatic heterocycles. The van der Waals surface area contributed by atoms with E-state index in [-0.39, 0.29) is 11.7 Å². The van der Waals surface area contributed by atoms with Crippen molar-refractivity contribution in [3.63, 3.8) is 0 Å². The largest absolute Gasteiger partial charge is 0.404 e. The lowest BCUT2D eigenvalue weighted by Crippen LogP contribution is -2.24. The van der Waals surface area contributed by atoms with Crippen molar-refractivity contribution in [2.75, 3.05) is 6.54 Å². The number of nitrogens with one attached hydrogen (secondary N) is 1. The highest BCUT2D eigenvalue weighted by Gasteiger charge is 2.22. The first-order valence-electron chi connectivity index (χ1n) is 6.11. The molecule has 19 heavy (non-hydrogen) atoms. The van der Waals surface area contributed by atoms with Gasteiger partial charge in [-0.3, -0.25) is 4.79 Å². The fourth-order valence-corrected chi connectivity index (χ4v) is 2.01. The molecule has 0 aliphatic carbocycles. The Kier molecular flexibility index (Phi) is 5.94. The number of carbonyl (C=O) groups excluding carboxylic acids is 1. The molecule has 0 saturated carbocycles. The van der Waals surface area contributed by atoms with E-state index in [1.165, 1.54) is 0 Å². The average Bonchev–Trinajstić information content (AvgIpc) is 2.64. The second kappa shape index (κ2) is 7.22. The van der Waals surface area contributed by atoms with Gasteiger partial charge in [-0.2, -0.15) is 4.68 Å². The molecule has 0 aromatic carbocycles. The molecule has 1 N–H and O–H groups in total. The van der Waals surface area contributed by atoms with Crippen LogP contribution in [0.3, 0.4) is 0 Å². The highest BCUT2D eigenvalue weighted by Crippen LogP contribution is 2.27. The Balaban J connectivity index is 2.52. The molecule has 0 unspecified atom stereocenters. The van der Waals surface area contributed by atoms with E-state index in [0.717, 1.165) is 6.42 Å². The van der Waals surface area contributed by atoms with Crippen molar-refractivity contribution in [2.24, 2.45) is 0 Å². The highest BCUT2D eigenvalue weighted by molar-refractivity contribution is 9.10. The standard InChI is InChI=1S/C11H17BrN4O3/c1-3-6-13-9(17)5-4-7-15-8(2)10(12)11(14-15)16(18)19/h3-7H2,1-2H3,(H,13,17). The number of amides is 1. The Labute approximate surface area is 119 Å². The van der Waals surface area contributed by atoms with Crippen molar-refractivity contribution >= 4 is 27.7 Å². The molecule has 1 amide bonds. The zero-order chi connectivity index (χ0) is 14.4. The number of halogens is 1. The first-order chi connectivity index (χ1) is 8.97. The molecule has 1 rings (SSSR count). The van der Waals surface area contributed by atoms with Crippen LogP contribution in [-0.4, -0.2) is 27.2 Å². The Hall–Kier alpha value is -1.44. The minimum Gasteiger partial charge on any atom is -0.358 e. The summed E-state index contributed by atoms with van der Waals surface area (Å²) in [5, 5.41) is 17.4. The third kappa shape index (κ3) is 4.30. The summed E-state index contributed by atoms with van der Waals surface area (Å²) in [5.41, 5.74) is 0.695. The van der Waals surface area contributed by atoms with Crippen LogP contribution in [0.1, 0.15) is 31.9 Å². The molecular formula is C11H17BrN4O3. The average molecular weight is 333 g/mol. The van der Waals surface area contributed by atoms with Crippen molar-refractivity contribution in [2.45, 2.75) is 39.7 Å². The lowest BCUT2D eigenvalue weighted by atomic mass is 10.3. The van der Waals surface area contributed by atoms with Crippen molar-refractivity contribution in [1.29, 1.82) is 0 Å². The normalized spacial score (nSPS) is 10.5. The van der Waals surface area contributed by atoms with Crippen LogP contribution in [0.15, 0.2) is 4.47 Å². The minimum absolute atomic E-state index is 0.000208. The SMILES string of the molecule is CCCNC(=O)CCCn1nc([N+](=O)[O-])c(Br)c1C. The van der Waals surface area contributed by atoms with E-state index in [4.69, 9.17) is 0 Å². The molecule has 1 aromatic rings. The lowest BCUT2D eigenvalue weighted by Gasteiger charge is -2.03. The molecule has 7 nitrogen and oxygen atoms in total. The van der Waals surface area contributed by atoms with Crippen LogP contribution in [0.5, 0.6) is 0 Å². The number of nitro groups is 1. The minimum atomic E-state index is -0.526. The zero-order valence-corrected chi connectivity index (χ0v) is 12.6. The van der Waals surface area contributed by atoms with E-state index in [1.807, 2.05) is 6.92 Å². The van der Waals surface area contributed by atoms with Gasteiger partial charge < -0.3 is 15.4 Å². The van der Waals surface area contributed by atoms with Gasteiger partial charge in [0.2, 0.25) is 5.91 Å². The maximum absolute atomic E-state index is 11.4. The lowest BCUT2D eigenvalue weighted by molar-refractivity contribution is -0.390. The quantitative estimate of drug-likeness (QED) is 0.612. The van der Waals surface area contributed by atoms with Gasteiger partial charge in [-0.25, -0.2) is 0 Å². The molecule has 0 aliphatic heterocycles. The Bertz CT molecular complexity index is 473. The number of hydrogen-bond donors (Lipinski definition) is 1. The number of nitrogens with zero attached hydrogens (tertiary/aromatic N) is 3. The first kappa shape index (κ1) is 15.6. The summed E-state index contributed by atoms with van der Waals surface area (Å²) in [7, 11) is 0. The van der Waals surface area contributed by atoms with Gasteiger partial charge in [-0.05, 0) is 40.6 Å². The van der Waals surface area contributed by atoms with Gasteiger partial charge in [0.25, 0.3) is 0 Å². The van der Waals surface area contributed by atoms with Crippen molar-refractivity contribution in [3.05, 3.63) is 20.3 Å². The summed E-state index contributed by atoms with van der Waals surface area (Å²) >= 11 is 3.15. The van der Waals surface area contributed by atoms with Crippen LogP contribution in [0.25, 0.3) is 0 Å². The maximum Gasteiger partial charge on any atom is 0.404 e. The molecule has 106 valence electrons. The smallest absolute Gasteiger partial charge is 0.358 e. The van der Waals surface area contributed by atoms with E-state index in [2.05, 4.69) is 26.3 Å². The fraction of sp³-hybridized carbons (Fsp3) is 0.636. The first-order valence-corrected chi connectivity index (χ1v) is 6.90. The van der Waals surface area contributed by atoms with Crippen LogP contribution >= 0.6 is 15.9 Å². The Morgan fingerprint density at radius 2 is 2.26 bits per heavy atom. The predicted octanol–water partition coefficient (Wildman–Crippen LogP) is 2.17. The molecule has 8 heteroatoms. The van der Waals surface area contributed by atoms with Crippen LogP contribution in [-0.2, 0) is 11.3 Å². The highest BCUT2D eigenvalue weighted by atomic mass is 79.9. The molecule has 0 atom stereocenters. The number of hydrogen-bond acceptors (Lipinski definition) is 4. The number of aromatic nitrogens is 2. The molecule has 1 heterocycles. The Morgan fingerprint density at radius 1 is 1.58 bits per heavy atom. The van der Waals surface area contributed by atoms with Crippen molar-refractivity contribution in [3.8, 4) is 0 Å². The summed E-state index contributed by atoms with van der Waals surface area (Å²) in [5.74, 6) is -0.187. The van der Waals surface area contributed by atoms with Crippen molar-refractivity contribution in [1.82, 2.24) is 15.1 Å². The number of carbonyl (C=O) groups is 1. The monoisotopic (exact) mass is 332 g/mol. The molecule has 0 fully saturated rings. The number of aryl methyl sites for hydroxylation is 1. The van der Waals surface area contributed by atoms with E-state index >= 15 is 0 Å². The summed E-state index contributed by atoms with van der Waals surface area (Å²) in [6, 6.07) is 0. The molecule has 0 aliphatic rings. The van der Waals surface area contributed by atoms with Crippen molar-refractivity contribution < 1.29 is 9.72 Å². The maximum atomic E-state index is 11.4. The second-order valence-corrected chi connectivity index (χ2v) is 4.95. The molecular weight excluding hydrogens is 316 g/mol. The molecule has 0 bridgehead atoms. The van der Waals surface area contributed by atoms with E-state index < -0.39 is 4.92 Å². The van der Waals surface area contributed by atoms with E-state index in [1.54, 1.807) is 11.6 Å². The van der Waals surface area contributed by atoms with Gasteiger partial charge in [0.15, 0.2) is 0 Å². The summed E-state index contributed by atoms with van der Waals surface area (Å²) in [6.07, 6.45) is 1.90. The van der Waals surface area contributed by atoms with Crippen LogP contribution in [0.2, 0.25) is 0 Å². The van der Waals surface area contributed by atoms with Gasteiger partial charge in [-0.15, -0.1) is 0 Å². The van der Waals surface area contributed by atoms with E-state index in [9.17, 15) is 14.9 Å². The van der Waals surface area contributed by atoms with Gasteiger partial charge in [0, 0.05) is 13.0 Å². The third-order valence-electron chi connectivity index (χ3n) is 2.64. The summed E-state index contributed by atoms with van der Waals surface area (Å²) in [4.78, 5) is 21.6. The zero-order valence-electron chi connectivity index (χ0n) is 11.0. The van der Waals surface area contributed by atoms with Crippen LogP contribution in [0, 0.1) is 17.0 Å². The topological polar surface area (TPSA) is 90.1 Å². The van der Waals surface area contributed by atoms with Gasteiger partial charge in [0.05, 0.1) is 17.3 Å². The summed E-state index contributed by atoms with van der Waals surface area (Å²) < 4.78 is 1.95. The Morgan fingerprint density at radius 3 is 2.79 bits per heavy atom. The van der Waals surface area contributed by atoms with Gasteiger partial charge in [-0.1, -0.05) is 6.92 Å². The fourth-order valence-electron chi connectivity index (χ4n) is 1.58. The van der Waals surface area contributed by atoms with Gasteiger partial charge in [0.1, 0.15) is 4.47 Å². The van der Waals surface area contributed by atoms with E-state index in [0.29, 0.717) is 36.1 Å². The molecule has 0 saturated heterocycles. The third-order valence-corrected chi connectivity index (χ3v) is 3.56. The van der Waals surface area contributed by atoms with Crippen LogP contribution in [0.4, 0.5) is 5.82 Å². The second-order valence-electron chi connectivity index (χ2n) is 4.16. The number of rotatable bonds is 7. The summed E-state index contributed by atoms with van der Waals surface area (Å²) in [6.45, 7) is 4.90. The van der Waals surface area contributed by atoms with Crippen LogP contribution < -0.4 is 5.32 Å². The molecule has 0 spiro atoms.